The maximum atomic E-state index is 4.36. The monoisotopic (exact) mass is 254 g/mol. The van der Waals surface area contributed by atoms with Crippen molar-refractivity contribution in [2.24, 2.45) is 0 Å². The molecule has 0 fully saturated rings. The smallest absolute Gasteiger partial charge is 0.224 e. The molecule has 0 amide bonds. The first-order valence-electron chi connectivity index (χ1n) is 6.16. The Kier molecular flexibility index (Phi) is 7.54. The fraction of sp³-hybridized carbons (Fsp3) is 0.667. The van der Waals surface area contributed by atoms with E-state index < -0.39 is 0 Å². The molecule has 96 valence electrons. The third-order valence-corrected chi connectivity index (χ3v) is 3.02. The van der Waals surface area contributed by atoms with Crippen LogP contribution in [0.25, 0.3) is 0 Å². The zero-order valence-electron chi connectivity index (χ0n) is 10.7. The van der Waals surface area contributed by atoms with E-state index in [9.17, 15) is 0 Å². The Morgan fingerprint density at radius 1 is 1.24 bits per heavy atom. The van der Waals surface area contributed by atoms with Crippen LogP contribution >= 0.6 is 11.8 Å². The summed E-state index contributed by atoms with van der Waals surface area (Å²) < 4.78 is 0. The van der Waals surface area contributed by atoms with E-state index in [0.29, 0.717) is 5.95 Å². The summed E-state index contributed by atoms with van der Waals surface area (Å²) in [4.78, 5) is 8.49. The van der Waals surface area contributed by atoms with Crippen LogP contribution in [0, 0.1) is 0 Å². The Morgan fingerprint density at radius 2 is 2.12 bits per heavy atom. The van der Waals surface area contributed by atoms with Gasteiger partial charge in [-0.1, -0.05) is 6.42 Å². The van der Waals surface area contributed by atoms with Gasteiger partial charge in [0.2, 0.25) is 5.95 Å². The topological polar surface area (TPSA) is 49.8 Å². The van der Waals surface area contributed by atoms with E-state index in [4.69, 9.17) is 0 Å². The molecular formula is C12H22N4S. The number of unbranched alkanes of at least 4 members (excludes halogenated alkanes) is 2. The normalized spacial score (nSPS) is 10.2. The van der Waals surface area contributed by atoms with Crippen LogP contribution in [0.15, 0.2) is 12.3 Å². The van der Waals surface area contributed by atoms with Gasteiger partial charge in [0, 0.05) is 19.3 Å². The van der Waals surface area contributed by atoms with E-state index in [1.54, 1.807) is 6.20 Å². The van der Waals surface area contributed by atoms with Crippen LogP contribution in [0.5, 0.6) is 0 Å². The van der Waals surface area contributed by atoms with Gasteiger partial charge >= 0.3 is 0 Å². The Morgan fingerprint density at radius 3 is 2.88 bits per heavy atom. The SMILES string of the molecule is CCNc1nccc(NCCCCCSC)n1. The van der Waals surface area contributed by atoms with E-state index in [1.807, 2.05) is 24.8 Å². The highest BCUT2D eigenvalue weighted by atomic mass is 32.2. The van der Waals surface area contributed by atoms with Gasteiger partial charge in [-0.25, -0.2) is 4.98 Å². The van der Waals surface area contributed by atoms with Crippen LogP contribution < -0.4 is 10.6 Å². The lowest BCUT2D eigenvalue weighted by atomic mass is 10.2. The molecule has 0 unspecified atom stereocenters. The highest BCUT2D eigenvalue weighted by molar-refractivity contribution is 7.98. The summed E-state index contributed by atoms with van der Waals surface area (Å²) in [6.45, 7) is 3.87. The largest absolute Gasteiger partial charge is 0.370 e. The lowest BCUT2D eigenvalue weighted by molar-refractivity contribution is 0.748. The lowest BCUT2D eigenvalue weighted by Crippen LogP contribution is -2.07. The predicted octanol–water partition coefficient (Wildman–Crippen LogP) is 2.85. The molecule has 0 aliphatic heterocycles. The minimum Gasteiger partial charge on any atom is -0.370 e. The van der Waals surface area contributed by atoms with Gasteiger partial charge in [-0.05, 0) is 37.8 Å². The Balaban J connectivity index is 2.19. The average molecular weight is 254 g/mol. The first-order valence-corrected chi connectivity index (χ1v) is 7.56. The first kappa shape index (κ1) is 14.1. The number of nitrogens with one attached hydrogen (secondary N) is 2. The van der Waals surface area contributed by atoms with Gasteiger partial charge in [0.05, 0.1) is 0 Å². The third kappa shape index (κ3) is 6.36. The second-order valence-electron chi connectivity index (χ2n) is 3.78. The summed E-state index contributed by atoms with van der Waals surface area (Å²) in [6.07, 6.45) is 7.71. The molecule has 0 radical (unpaired) electrons. The van der Waals surface area contributed by atoms with Crippen LogP contribution in [0.2, 0.25) is 0 Å². The summed E-state index contributed by atoms with van der Waals surface area (Å²) >= 11 is 1.91. The molecule has 1 aromatic rings. The van der Waals surface area contributed by atoms with Gasteiger partial charge in [-0.15, -0.1) is 0 Å². The molecule has 0 aromatic carbocycles. The molecule has 5 heteroatoms. The van der Waals surface area contributed by atoms with E-state index in [0.717, 1.165) is 18.9 Å². The number of hydrogen-bond acceptors (Lipinski definition) is 5. The van der Waals surface area contributed by atoms with Crippen molar-refractivity contribution < 1.29 is 0 Å². The number of aromatic nitrogens is 2. The van der Waals surface area contributed by atoms with Crippen molar-refractivity contribution in [2.45, 2.75) is 26.2 Å². The fourth-order valence-corrected chi connectivity index (χ4v) is 1.96. The molecule has 4 nitrogen and oxygen atoms in total. The summed E-state index contributed by atoms with van der Waals surface area (Å²) in [5, 5.41) is 6.42. The van der Waals surface area contributed by atoms with Crippen molar-refractivity contribution in [2.75, 3.05) is 35.7 Å². The van der Waals surface area contributed by atoms with Crippen molar-refractivity contribution in [3.63, 3.8) is 0 Å². The van der Waals surface area contributed by atoms with Crippen LogP contribution in [0.1, 0.15) is 26.2 Å². The van der Waals surface area contributed by atoms with E-state index >= 15 is 0 Å². The number of anilines is 2. The molecule has 0 atom stereocenters. The van der Waals surface area contributed by atoms with Gasteiger partial charge < -0.3 is 10.6 Å². The Labute approximate surface area is 108 Å². The fourth-order valence-electron chi connectivity index (χ4n) is 1.47. The quantitative estimate of drug-likeness (QED) is 0.664. The molecule has 2 N–H and O–H groups in total. The molecule has 0 aliphatic rings. The molecule has 0 aliphatic carbocycles. The van der Waals surface area contributed by atoms with Gasteiger partial charge in [0.15, 0.2) is 0 Å². The number of rotatable bonds is 9. The summed E-state index contributed by atoms with van der Waals surface area (Å²) in [6, 6.07) is 1.91. The van der Waals surface area contributed by atoms with Crippen molar-refractivity contribution in [3.05, 3.63) is 12.3 Å². The third-order valence-electron chi connectivity index (χ3n) is 2.32. The first-order chi connectivity index (χ1) is 8.36. The highest BCUT2D eigenvalue weighted by Gasteiger charge is 1.97. The summed E-state index contributed by atoms with van der Waals surface area (Å²) in [5.74, 6) is 2.86. The molecule has 1 aromatic heterocycles. The zero-order chi connectivity index (χ0) is 12.3. The van der Waals surface area contributed by atoms with Crippen LogP contribution in [0.3, 0.4) is 0 Å². The standard InChI is InChI=1S/C12H22N4S/c1-3-13-12-15-9-7-11(16-12)14-8-5-4-6-10-17-2/h7,9H,3-6,8,10H2,1-2H3,(H2,13,14,15,16). The molecular weight excluding hydrogens is 232 g/mol. The molecule has 17 heavy (non-hydrogen) atoms. The summed E-state index contributed by atoms with van der Waals surface area (Å²) in [7, 11) is 0. The molecule has 0 bridgehead atoms. The number of nitrogens with zero attached hydrogens (tertiary/aromatic N) is 2. The van der Waals surface area contributed by atoms with E-state index in [-0.39, 0.29) is 0 Å². The highest BCUT2D eigenvalue weighted by Crippen LogP contribution is 2.07. The van der Waals surface area contributed by atoms with Gasteiger partial charge in [-0.3, -0.25) is 0 Å². The molecule has 1 heterocycles. The maximum Gasteiger partial charge on any atom is 0.224 e. The van der Waals surface area contributed by atoms with Gasteiger partial charge in [0.25, 0.3) is 0 Å². The molecule has 1 rings (SSSR count). The predicted molar refractivity (Wildman–Crippen MR) is 76.9 cm³/mol. The number of hydrogen-bond donors (Lipinski definition) is 2. The zero-order valence-corrected chi connectivity index (χ0v) is 11.5. The molecule has 0 spiro atoms. The van der Waals surface area contributed by atoms with E-state index in [2.05, 4.69) is 26.9 Å². The number of thioether (sulfide) groups is 1. The van der Waals surface area contributed by atoms with Crippen molar-refractivity contribution in [1.29, 1.82) is 0 Å². The summed E-state index contributed by atoms with van der Waals surface area (Å²) in [5.41, 5.74) is 0. The van der Waals surface area contributed by atoms with E-state index in [1.165, 1.54) is 25.0 Å². The minimum atomic E-state index is 0.694. The molecule has 0 saturated carbocycles. The van der Waals surface area contributed by atoms with Crippen LogP contribution in [-0.2, 0) is 0 Å². The van der Waals surface area contributed by atoms with Gasteiger partial charge in [-0.2, -0.15) is 16.7 Å². The second kappa shape index (κ2) is 9.10. The molecule has 0 saturated heterocycles. The lowest BCUT2D eigenvalue weighted by Gasteiger charge is -2.07. The van der Waals surface area contributed by atoms with Crippen LogP contribution in [-0.4, -0.2) is 35.1 Å². The van der Waals surface area contributed by atoms with Crippen LogP contribution in [0.4, 0.5) is 11.8 Å². The average Bonchev–Trinajstić information content (AvgIpc) is 2.35. The van der Waals surface area contributed by atoms with Crippen molar-refractivity contribution in [1.82, 2.24) is 9.97 Å². The van der Waals surface area contributed by atoms with Gasteiger partial charge in [0.1, 0.15) is 5.82 Å². The van der Waals surface area contributed by atoms with Crippen molar-refractivity contribution >= 4 is 23.5 Å². The Bertz CT molecular complexity index is 306. The van der Waals surface area contributed by atoms with Crippen molar-refractivity contribution in [3.8, 4) is 0 Å². The minimum absolute atomic E-state index is 0.694. The maximum absolute atomic E-state index is 4.36. The second-order valence-corrected chi connectivity index (χ2v) is 4.76. The Hall–Kier alpha value is -0.970.